The van der Waals surface area contributed by atoms with Gasteiger partial charge < -0.3 is 9.88 Å². The van der Waals surface area contributed by atoms with Gasteiger partial charge in [0.15, 0.2) is 0 Å². The maximum atomic E-state index is 4.38. The van der Waals surface area contributed by atoms with Crippen LogP contribution < -0.4 is 5.32 Å². The predicted octanol–water partition coefficient (Wildman–Crippen LogP) is 3.98. The number of anilines is 1. The van der Waals surface area contributed by atoms with Crippen molar-refractivity contribution in [2.75, 3.05) is 5.32 Å². The molecule has 1 heterocycles. The van der Waals surface area contributed by atoms with Crippen molar-refractivity contribution < 1.29 is 0 Å². The van der Waals surface area contributed by atoms with Crippen molar-refractivity contribution in [2.45, 2.75) is 33.4 Å². The Hall–Kier alpha value is -1.29. The van der Waals surface area contributed by atoms with E-state index in [0.29, 0.717) is 0 Å². The highest BCUT2D eigenvalue weighted by atomic mass is 79.9. The molecule has 1 aromatic heterocycles. The van der Waals surface area contributed by atoms with Crippen LogP contribution in [0.1, 0.15) is 24.7 Å². The summed E-state index contributed by atoms with van der Waals surface area (Å²) in [6.45, 7) is 6.03. The Morgan fingerprint density at radius 3 is 2.94 bits per heavy atom. The molecule has 96 valence electrons. The summed E-state index contributed by atoms with van der Waals surface area (Å²) in [7, 11) is 0. The second-order valence-corrected chi connectivity index (χ2v) is 5.21. The first-order valence-corrected chi connectivity index (χ1v) is 7.00. The number of hydrogen-bond acceptors (Lipinski definition) is 2. The van der Waals surface area contributed by atoms with Gasteiger partial charge in [0.1, 0.15) is 5.82 Å². The van der Waals surface area contributed by atoms with Gasteiger partial charge in [-0.15, -0.1) is 0 Å². The van der Waals surface area contributed by atoms with Crippen molar-refractivity contribution in [1.82, 2.24) is 9.55 Å². The lowest BCUT2D eigenvalue weighted by Gasteiger charge is -2.09. The summed E-state index contributed by atoms with van der Waals surface area (Å²) in [5.74, 6) is 1.08. The second-order valence-electron chi connectivity index (χ2n) is 4.35. The molecule has 0 atom stereocenters. The van der Waals surface area contributed by atoms with Crippen LogP contribution in [0.4, 0.5) is 5.69 Å². The van der Waals surface area contributed by atoms with Crippen LogP contribution in [-0.4, -0.2) is 9.55 Å². The molecule has 0 spiro atoms. The molecule has 0 fully saturated rings. The summed E-state index contributed by atoms with van der Waals surface area (Å²) in [6.07, 6.45) is 5.02. The number of hydrogen-bond donors (Lipinski definition) is 1. The van der Waals surface area contributed by atoms with Crippen molar-refractivity contribution in [3.8, 4) is 0 Å². The third kappa shape index (κ3) is 3.13. The van der Waals surface area contributed by atoms with Gasteiger partial charge in [-0.3, -0.25) is 0 Å². The number of rotatable bonds is 5. The Bertz CT molecular complexity index is 520. The van der Waals surface area contributed by atoms with E-state index in [-0.39, 0.29) is 0 Å². The molecule has 0 aliphatic rings. The van der Waals surface area contributed by atoms with Crippen LogP contribution in [0.25, 0.3) is 0 Å². The number of nitrogens with one attached hydrogen (secondary N) is 1. The molecule has 18 heavy (non-hydrogen) atoms. The van der Waals surface area contributed by atoms with Gasteiger partial charge in [-0.05, 0) is 31.0 Å². The van der Waals surface area contributed by atoms with Gasteiger partial charge in [0.05, 0.1) is 6.54 Å². The van der Waals surface area contributed by atoms with E-state index in [4.69, 9.17) is 0 Å². The van der Waals surface area contributed by atoms with Crippen LogP contribution in [0.15, 0.2) is 35.1 Å². The SMILES string of the molecule is CCCn1ccnc1CNc1ccc(C)c(Br)c1. The monoisotopic (exact) mass is 307 g/mol. The topological polar surface area (TPSA) is 29.9 Å². The summed E-state index contributed by atoms with van der Waals surface area (Å²) >= 11 is 3.54. The average Bonchev–Trinajstić information content (AvgIpc) is 2.79. The molecule has 2 aromatic rings. The summed E-state index contributed by atoms with van der Waals surface area (Å²) in [4.78, 5) is 4.38. The molecule has 0 saturated carbocycles. The third-order valence-electron chi connectivity index (χ3n) is 2.89. The van der Waals surface area contributed by atoms with Crippen LogP contribution in [-0.2, 0) is 13.1 Å². The summed E-state index contributed by atoms with van der Waals surface area (Å²) in [5.41, 5.74) is 2.35. The minimum Gasteiger partial charge on any atom is -0.378 e. The Morgan fingerprint density at radius 2 is 2.22 bits per heavy atom. The number of imidazole rings is 1. The lowest BCUT2D eigenvalue weighted by molar-refractivity contribution is 0.644. The average molecular weight is 308 g/mol. The van der Waals surface area contributed by atoms with E-state index in [1.807, 2.05) is 12.4 Å². The van der Waals surface area contributed by atoms with Crippen LogP contribution in [0, 0.1) is 6.92 Å². The standard InChI is InChI=1S/C14H18BrN3/c1-3-7-18-8-6-16-14(18)10-17-12-5-4-11(2)13(15)9-12/h4-6,8-9,17H,3,7,10H2,1-2H3. The molecule has 1 aromatic carbocycles. The highest BCUT2D eigenvalue weighted by molar-refractivity contribution is 9.10. The smallest absolute Gasteiger partial charge is 0.128 e. The molecular weight excluding hydrogens is 290 g/mol. The zero-order valence-electron chi connectivity index (χ0n) is 10.8. The molecule has 0 saturated heterocycles. The number of aromatic nitrogens is 2. The molecule has 0 radical (unpaired) electrons. The molecule has 0 amide bonds. The minimum absolute atomic E-state index is 0.752. The first-order valence-electron chi connectivity index (χ1n) is 6.20. The van der Waals surface area contributed by atoms with Gasteiger partial charge in [0, 0.05) is 29.1 Å². The Morgan fingerprint density at radius 1 is 1.39 bits per heavy atom. The molecule has 1 N–H and O–H groups in total. The highest BCUT2D eigenvalue weighted by Crippen LogP contribution is 2.20. The number of aryl methyl sites for hydroxylation is 2. The fourth-order valence-electron chi connectivity index (χ4n) is 1.84. The molecule has 3 nitrogen and oxygen atoms in total. The quantitative estimate of drug-likeness (QED) is 0.905. The Kier molecular flexibility index (Phi) is 4.42. The first kappa shape index (κ1) is 13.1. The van der Waals surface area contributed by atoms with Crippen LogP contribution in [0.2, 0.25) is 0 Å². The molecule has 4 heteroatoms. The fraction of sp³-hybridized carbons (Fsp3) is 0.357. The van der Waals surface area contributed by atoms with Crippen LogP contribution >= 0.6 is 15.9 Å². The lowest BCUT2D eigenvalue weighted by Crippen LogP contribution is -2.08. The largest absolute Gasteiger partial charge is 0.378 e. The van der Waals surface area contributed by atoms with E-state index in [1.54, 1.807) is 0 Å². The van der Waals surface area contributed by atoms with E-state index < -0.39 is 0 Å². The normalized spacial score (nSPS) is 10.6. The summed E-state index contributed by atoms with van der Waals surface area (Å²) in [6, 6.07) is 6.29. The predicted molar refractivity (Wildman–Crippen MR) is 78.7 cm³/mol. The number of benzene rings is 1. The zero-order chi connectivity index (χ0) is 13.0. The van der Waals surface area contributed by atoms with Gasteiger partial charge in [-0.1, -0.05) is 28.9 Å². The van der Waals surface area contributed by atoms with Crippen molar-refractivity contribution >= 4 is 21.6 Å². The van der Waals surface area contributed by atoms with Crippen molar-refractivity contribution in [3.05, 3.63) is 46.5 Å². The van der Waals surface area contributed by atoms with E-state index in [0.717, 1.165) is 35.5 Å². The van der Waals surface area contributed by atoms with E-state index in [2.05, 4.69) is 62.8 Å². The Balaban J connectivity index is 2.02. The van der Waals surface area contributed by atoms with Gasteiger partial charge >= 0.3 is 0 Å². The maximum Gasteiger partial charge on any atom is 0.128 e. The van der Waals surface area contributed by atoms with Gasteiger partial charge in [0.25, 0.3) is 0 Å². The molecule has 0 aliphatic heterocycles. The van der Waals surface area contributed by atoms with Crippen molar-refractivity contribution in [3.63, 3.8) is 0 Å². The van der Waals surface area contributed by atoms with Gasteiger partial charge in [-0.25, -0.2) is 4.98 Å². The van der Waals surface area contributed by atoms with E-state index >= 15 is 0 Å². The maximum absolute atomic E-state index is 4.38. The number of halogens is 1. The second kappa shape index (κ2) is 6.05. The zero-order valence-corrected chi connectivity index (χ0v) is 12.4. The first-order chi connectivity index (χ1) is 8.70. The van der Waals surface area contributed by atoms with Crippen LogP contribution in [0.3, 0.4) is 0 Å². The molecule has 0 unspecified atom stereocenters. The molecular formula is C14H18BrN3. The molecule has 2 rings (SSSR count). The molecule has 0 aliphatic carbocycles. The van der Waals surface area contributed by atoms with Crippen molar-refractivity contribution in [1.29, 1.82) is 0 Å². The van der Waals surface area contributed by atoms with Gasteiger partial charge in [-0.2, -0.15) is 0 Å². The lowest BCUT2D eigenvalue weighted by atomic mass is 10.2. The summed E-state index contributed by atoms with van der Waals surface area (Å²) < 4.78 is 3.32. The van der Waals surface area contributed by atoms with Crippen molar-refractivity contribution in [2.24, 2.45) is 0 Å². The number of nitrogens with zero attached hydrogens (tertiary/aromatic N) is 2. The molecule has 0 bridgehead atoms. The van der Waals surface area contributed by atoms with E-state index in [1.165, 1.54) is 5.56 Å². The van der Waals surface area contributed by atoms with E-state index in [9.17, 15) is 0 Å². The Labute approximate surface area is 116 Å². The highest BCUT2D eigenvalue weighted by Gasteiger charge is 2.02. The minimum atomic E-state index is 0.752. The summed E-state index contributed by atoms with van der Waals surface area (Å²) in [5, 5.41) is 3.40. The van der Waals surface area contributed by atoms with Gasteiger partial charge in [0.2, 0.25) is 0 Å². The third-order valence-corrected chi connectivity index (χ3v) is 3.74. The van der Waals surface area contributed by atoms with Crippen LogP contribution in [0.5, 0.6) is 0 Å². The fourth-order valence-corrected chi connectivity index (χ4v) is 2.21.